The highest BCUT2D eigenvalue weighted by Crippen LogP contribution is 2.23. The fourth-order valence-corrected chi connectivity index (χ4v) is 2.80. The molecule has 0 radical (unpaired) electrons. The number of carboxylic acid groups (broad SMARTS) is 1. The predicted octanol–water partition coefficient (Wildman–Crippen LogP) is 3.70. The molecule has 2 aromatic carbocycles. The Kier molecular flexibility index (Phi) is 3.98. The van der Waals surface area contributed by atoms with Crippen LogP contribution < -0.4 is 5.56 Å². The second-order valence-electron chi connectivity index (χ2n) is 5.46. The average Bonchev–Trinajstić information content (AvgIpc) is 2.58. The second-order valence-corrected chi connectivity index (χ2v) is 5.46. The summed E-state index contributed by atoms with van der Waals surface area (Å²) in [6.07, 6.45) is 1.92. The molecule has 0 bridgehead atoms. The van der Waals surface area contributed by atoms with Crippen LogP contribution in [-0.4, -0.2) is 15.6 Å². The standard InChI is InChI=1S/C19H17NO3/c1-2-17(19(22)23)20-11-10-14-8-9-15(12-16(14)18(20)21)13-6-4-3-5-7-13/h3-12,17H,2H2,1H3,(H,22,23)/t17-/m0/s1. The maximum atomic E-state index is 12.7. The van der Waals surface area contributed by atoms with Gasteiger partial charge in [-0.25, -0.2) is 4.79 Å². The van der Waals surface area contributed by atoms with Gasteiger partial charge in [-0.1, -0.05) is 49.4 Å². The van der Waals surface area contributed by atoms with E-state index < -0.39 is 12.0 Å². The normalized spacial score (nSPS) is 12.2. The minimum absolute atomic E-state index is 0.269. The molecule has 0 saturated carbocycles. The van der Waals surface area contributed by atoms with E-state index in [9.17, 15) is 14.7 Å². The SMILES string of the molecule is CC[C@@H](C(=O)O)n1ccc2ccc(-c3ccccc3)cc2c1=O. The van der Waals surface area contributed by atoms with Crippen LogP contribution in [-0.2, 0) is 4.79 Å². The van der Waals surface area contributed by atoms with E-state index in [2.05, 4.69) is 0 Å². The summed E-state index contributed by atoms with van der Waals surface area (Å²) in [5.41, 5.74) is 1.69. The van der Waals surface area contributed by atoms with Crippen molar-refractivity contribution in [2.45, 2.75) is 19.4 Å². The van der Waals surface area contributed by atoms with Crippen molar-refractivity contribution < 1.29 is 9.90 Å². The van der Waals surface area contributed by atoms with E-state index >= 15 is 0 Å². The molecule has 0 aliphatic rings. The van der Waals surface area contributed by atoms with Gasteiger partial charge in [-0.2, -0.15) is 0 Å². The first-order valence-electron chi connectivity index (χ1n) is 7.55. The Labute approximate surface area is 133 Å². The van der Waals surface area contributed by atoms with Crippen LogP contribution in [0.3, 0.4) is 0 Å². The minimum Gasteiger partial charge on any atom is -0.480 e. The summed E-state index contributed by atoms with van der Waals surface area (Å²) >= 11 is 0. The molecule has 0 aliphatic carbocycles. The molecule has 1 heterocycles. The Morgan fingerprint density at radius 1 is 1.09 bits per heavy atom. The number of hydrogen-bond acceptors (Lipinski definition) is 2. The number of carboxylic acids is 1. The van der Waals surface area contributed by atoms with E-state index in [0.29, 0.717) is 11.8 Å². The van der Waals surface area contributed by atoms with E-state index in [-0.39, 0.29) is 5.56 Å². The fourth-order valence-electron chi connectivity index (χ4n) is 2.80. The van der Waals surface area contributed by atoms with E-state index in [4.69, 9.17) is 0 Å². The molecule has 1 aromatic heterocycles. The number of benzene rings is 2. The largest absolute Gasteiger partial charge is 0.480 e. The van der Waals surface area contributed by atoms with Gasteiger partial charge in [0.1, 0.15) is 6.04 Å². The van der Waals surface area contributed by atoms with Gasteiger partial charge in [-0.05, 0) is 35.1 Å². The lowest BCUT2D eigenvalue weighted by molar-refractivity contribution is -0.141. The minimum atomic E-state index is -0.992. The summed E-state index contributed by atoms with van der Waals surface area (Å²) < 4.78 is 1.30. The van der Waals surface area contributed by atoms with Gasteiger partial charge in [-0.15, -0.1) is 0 Å². The van der Waals surface area contributed by atoms with Gasteiger partial charge in [-0.3, -0.25) is 4.79 Å². The zero-order chi connectivity index (χ0) is 16.4. The molecule has 116 valence electrons. The van der Waals surface area contributed by atoms with Crippen molar-refractivity contribution in [2.24, 2.45) is 0 Å². The lowest BCUT2D eigenvalue weighted by Crippen LogP contribution is -2.29. The van der Waals surface area contributed by atoms with Crippen molar-refractivity contribution in [1.29, 1.82) is 0 Å². The predicted molar refractivity (Wildman–Crippen MR) is 90.6 cm³/mol. The third-order valence-corrected chi connectivity index (χ3v) is 4.05. The third-order valence-electron chi connectivity index (χ3n) is 4.05. The van der Waals surface area contributed by atoms with Gasteiger partial charge in [0.2, 0.25) is 0 Å². The average molecular weight is 307 g/mol. The molecule has 0 aliphatic heterocycles. The smallest absolute Gasteiger partial charge is 0.326 e. The summed E-state index contributed by atoms with van der Waals surface area (Å²) in [5.74, 6) is -0.992. The van der Waals surface area contributed by atoms with Crippen LogP contribution >= 0.6 is 0 Å². The number of pyridine rings is 1. The zero-order valence-corrected chi connectivity index (χ0v) is 12.8. The number of nitrogens with zero attached hydrogens (tertiary/aromatic N) is 1. The quantitative estimate of drug-likeness (QED) is 0.799. The summed E-state index contributed by atoms with van der Waals surface area (Å²) in [5, 5.41) is 10.6. The van der Waals surface area contributed by atoms with E-state index in [1.165, 1.54) is 4.57 Å². The van der Waals surface area contributed by atoms with Crippen LogP contribution in [0.2, 0.25) is 0 Å². The van der Waals surface area contributed by atoms with Crippen LogP contribution in [0.25, 0.3) is 21.9 Å². The Morgan fingerprint density at radius 3 is 2.48 bits per heavy atom. The van der Waals surface area contributed by atoms with Crippen LogP contribution in [0.5, 0.6) is 0 Å². The number of aliphatic carboxylic acids is 1. The van der Waals surface area contributed by atoms with Crippen LogP contribution in [0.4, 0.5) is 0 Å². The summed E-state index contributed by atoms with van der Waals surface area (Å²) in [6, 6.07) is 16.4. The molecule has 0 amide bonds. The third kappa shape index (κ3) is 2.75. The lowest BCUT2D eigenvalue weighted by Gasteiger charge is -2.14. The van der Waals surface area contributed by atoms with Crippen LogP contribution in [0.15, 0.2) is 65.6 Å². The zero-order valence-electron chi connectivity index (χ0n) is 12.8. The number of aromatic nitrogens is 1. The van der Waals surface area contributed by atoms with Gasteiger partial charge in [0.15, 0.2) is 0 Å². The van der Waals surface area contributed by atoms with Gasteiger partial charge in [0, 0.05) is 11.6 Å². The summed E-state index contributed by atoms with van der Waals surface area (Å²) in [6.45, 7) is 1.76. The highest BCUT2D eigenvalue weighted by molar-refractivity contribution is 5.87. The molecular formula is C19H17NO3. The lowest BCUT2D eigenvalue weighted by atomic mass is 10.0. The Hall–Kier alpha value is -2.88. The van der Waals surface area contributed by atoms with Crippen molar-refractivity contribution in [3.63, 3.8) is 0 Å². The fraction of sp³-hybridized carbons (Fsp3) is 0.158. The van der Waals surface area contributed by atoms with Gasteiger partial charge >= 0.3 is 5.97 Å². The Bertz CT molecular complexity index is 913. The first kappa shape index (κ1) is 15.0. The number of hydrogen-bond donors (Lipinski definition) is 1. The molecule has 4 heteroatoms. The molecule has 0 unspecified atom stereocenters. The van der Waals surface area contributed by atoms with E-state index in [0.717, 1.165) is 16.5 Å². The first-order valence-corrected chi connectivity index (χ1v) is 7.55. The van der Waals surface area contributed by atoms with E-state index in [1.807, 2.05) is 48.5 Å². The first-order chi connectivity index (χ1) is 11.1. The molecule has 3 aromatic rings. The summed E-state index contributed by atoms with van der Waals surface area (Å²) in [7, 11) is 0. The van der Waals surface area contributed by atoms with Crippen molar-refractivity contribution >= 4 is 16.7 Å². The van der Waals surface area contributed by atoms with Crippen molar-refractivity contribution in [2.75, 3.05) is 0 Å². The number of rotatable bonds is 4. The van der Waals surface area contributed by atoms with Gasteiger partial charge in [0.25, 0.3) is 5.56 Å². The van der Waals surface area contributed by atoms with Crippen molar-refractivity contribution in [3.8, 4) is 11.1 Å². The molecular weight excluding hydrogens is 290 g/mol. The molecule has 23 heavy (non-hydrogen) atoms. The molecule has 4 nitrogen and oxygen atoms in total. The molecule has 1 atom stereocenters. The highest BCUT2D eigenvalue weighted by atomic mass is 16.4. The van der Waals surface area contributed by atoms with Gasteiger partial charge in [0.05, 0.1) is 0 Å². The Morgan fingerprint density at radius 2 is 1.83 bits per heavy atom. The van der Waals surface area contributed by atoms with Crippen LogP contribution in [0.1, 0.15) is 19.4 Å². The van der Waals surface area contributed by atoms with E-state index in [1.54, 1.807) is 19.2 Å². The van der Waals surface area contributed by atoms with Crippen molar-refractivity contribution in [1.82, 2.24) is 4.57 Å². The maximum absolute atomic E-state index is 12.7. The monoisotopic (exact) mass is 307 g/mol. The summed E-state index contributed by atoms with van der Waals surface area (Å²) in [4.78, 5) is 24.1. The van der Waals surface area contributed by atoms with Gasteiger partial charge < -0.3 is 9.67 Å². The van der Waals surface area contributed by atoms with Crippen molar-refractivity contribution in [3.05, 3.63) is 71.1 Å². The Balaban J connectivity index is 2.20. The molecule has 0 saturated heterocycles. The molecule has 0 spiro atoms. The molecule has 0 fully saturated rings. The topological polar surface area (TPSA) is 59.3 Å². The molecule has 3 rings (SSSR count). The molecule has 1 N–H and O–H groups in total. The number of fused-ring (bicyclic) bond motifs is 1. The number of carbonyl (C=O) groups is 1. The van der Waals surface area contributed by atoms with Crippen LogP contribution in [0, 0.1) is 0 Å². The second kappa shape index (κ2) is 6.08. The maximum Gasteiger partial charge on any atom is 0.326 e. The highest BCUT2D eigenvalue weighted by Gasteiger charge is 2.19.